The number of hydrogen-bond donors (Lipinski definition) is 1. The van der Waals surface area contributed by atoms with Crippen LogP contribution in [0.2, 0.25) is 0 Å². The minimum absolute atomic E-state index is 0.372. The van der Waals surface area contributed by atoms with Gasteiger partial charge < -0.3 is 14.3 Å². The fourth-order valence-electron chi connectivity index (χ4n) is 2.22. The Bertz CT molecular complexity index is 623. The molecule has 1 N–H and O–H groups in total. The highest BCUT2D eigenvalue weighted by molar-refractivity contribution is 6.65. The van der Waals surface area contributed by atoms with Gasteiger partial charge in [-0.3, -0.25) is 4.98 Å². The van der Waals surface area contributed by atoms with Crippen LogP contribution in [0.25, 0.3) is 10.9 Å². The first-order chi connectivity index (χ1) is 8.82. The van der Waals surface area contributed by atoms with Crippen LogP contribution in [0.3, 0.4) is 0 Å². The number of rotatable bonds is 1. The highest BCUT2D eigenvalue weighted by Gasteiger charge is 2.52. The Morgan fingerprint density at radius 2 is 1.79 bits per heavy atom. The van der Waals surface area contributed by atoms with Crippen molar-refractivity contribution in [2.75, 3.05) is 0 Å². The Labute approximate surface area is 111 Å². The average molecular weight is 262 g/mol. The molecule has 0 spiro atoms. The van der Waals surface area contributed by atoms with Crippen LogP contribution < -0.4 is 5.46 Å². The largest absolute Gasteiger partial charge is 0.497 e. The van der Waals surface area contributed by atoms with Gasteiger partial charge in [-0.15, -0.1) is 0 Å². The monoisotopic (exact) mass is 262 g/mol. The van der Waals surface area contributed by atoms with E-state index in [0.29, 0.717) is 16.4 Å². The molecule has 3 rings (SSSR count). The number of aromatic amines is 1. The third-order valence-electron chi connectivity index (χ3n) is 4.08. The van der Waals surface area contributed by atoms with Gasteiger partial charge in [0.15, 0.2) is 0 Å². The van der Waals surface area contributed by atoms with Crippen molar-refractivity contribution in [3.63, 3.8) is 0 Å². The number of aromatic nitrogens is 2. The van der Waals surface area contributed by atoms with Crippen LogP contribution in [-0.4, -0.2) is 28.3 Å². The second-order valence-corrected chi connectivity index (χ2v) is 5.88. The van der Waals surface area contributed by atoms with Crippen molar-refractivity contribution >= 4 is 23.5 Å². The molecule has 1 fully saturated rings. The van der Waals surface area contributed by atoms with Crippen LogP contribution in [0.4, 0.5) is 4.39 Å². The molecule has 1 saturated heterocycles. The highest BCUT2D eigenvalue weighted by Crippen LogP contribution is 2.37. The fraction of sp³-hybridized carbons (Fsp3) is 0.462. The van der Waals surface area contributed by atoms with Crippen molar-refractivity contribution in [1.29, 1.82) is 0 Å². The number of pyridine rings is 1. The van der Waals surface area contributed by atoms with Gasteiger partial charge in [0.1, 0.15) is 5.82 Å². The van der Waals surface area contributed by atoms with Crippen LogP contribution in [0.1, 0.15) is 27.7 Å². The zero-order valence-corrected chi connectivity index (χ0v) is 11.5. The second-order valence-electron chi connectivity index (χ2n) is 5.88. The fourth-order valence-corrected chi connectivity index (χ4v) is 2.22. The lowest BCUT2D eigenvalue weighted by Gasteiger charge is -2.32. The maximum atomic E-state index is 13.9. The summed E-state index contributed by atoms with van der Waals surface area (Å²) in [5, 5.41) is 0.480. The molecule has 1 aliphatic heterocycles. The third kappa shape index (κ3) is 1.78. The van der Waals surface area contributed by atoms with Gasteiger partial charge >= 0.3 is 7.12 Å². The summed E-state index contributed by atoms with van der Waals surface area (Å²) in [6.07, 6.45) is 4.51. The van der Waals surface area contributed by atoms with Crippen LogP contribution in [0, 0.1) is 5.82 Å². The summed E-state index contributed by atoms with van der Waals surface area (Å²) in [6.45, 7) is 7.89. The maximum absolute atomic E-state index is 13.9. The summed E-state index contributed by atoms with van der Waals surface area (Å²) in [7, 11) is -0.573. The van der Waals surface area contributed by atoms with Gasteiger partial charge in [0.25, 0.3) is 0 Å². The summed E-state index contributed by atoms with van der Waals surface area (Å²) < 4.78 is 25.8. The third-order valence-corrected chi connectivity index (χ3v) is 4.08. The summed E-state index contributed by atoms with van der Waals surface area (Å²) >= 11 is 0. The summed E-state index contributed by atoms with van der Waals surface area (Å²) in [4.78, 5) is 6.82. The zero-order chi connectivity index (χ0) is 13.8. The minimum atomic E-state index is -0.573. The molecule has 0 atom stereocenters. The number of nitrogens with zero attached hydrogens (tertiary/aromatic N) is 1. The molecule has 2 aromatic heterocycles. The molecular formula is C13H16BFN2O2. The molecule has 0 aromatic carbocycles. The predicted octanol–water partition coefficient (Wildman–Crippen LogP) is 2.00. The van der Waals surface area contributed by atoms with Gasteiger partial charge in [0.2, 0.25) is 0 Å². The Balaban J connectivity index is 2.08. The smallest absolute Gasteiger partial charge is 0.399 e. The van der Waals surface area contributed by atoms with E-state index in [0.717, 1.165) is 0 Å². The molecule has 2 aromatic rings. The first kappa shape index (κ1) is 12.6. The lowest BCUT2D eigenvalue weighted by molar-refractivity contribution is 0.00578. The molecule has 1 aliphatic rings. The van der Waals surface area contributed by atoms with Gasteiger partial charge in [-0.1, -0.05) is 0 Å². The van der Waals surface area contributed by atoms with E-state index < -0.39 is 18.3 Å². The van der Waals surface area contributed by atoms with Crippen molar-refractivity contribution in [2.24, 2.45) is 0 Å². The van der Waals surface area contributed by atoms with Crippen molar-refractivity contribution in [3.8, 4) is 0 Å². The van der Waals surface area contributed by atoms with Gasteiger partial charge in [-0.05, 0) is 27.7 Å². The van der Waals surface area contributed by atoms with Crippen molar-refractivity contribution in [3.05, 3.63) is 24.4 Å². The molecule has 0 amide bonds. The number of halogens is 1. The molecule has 0 bridgehead atoms. The van der Waals surface area contributed by atoms with E-state index >= 15 is 0 Å². The first-order valence-electron chi connectivity index (χ1n) is 6.28. The number of nitrogens with one attached hydrogen (secondary N) is 1. The molecular weight excluding hydrogens is 246 g/mol. The van der Waals surface area contributed by atoms with E-state index in [4.69, 9.17) is 9.31 Å². The lowest BCUT2D eigenvalue weighted by atomic mass is 9.79. The Morgan fingerprint density at radius 3 is 2.42 bits per heavy atom. The Kier molecular flexibility index (Phi) is 2.53. The predicted molar refractivity (Wildman–Crippen MR) is 71.8 cm³/mol. The molecule has 100 valence electrons. The van der Waals surface area contributed by atoms with Crippen LogP contribution in [0.15, 0.2) is 18.6 Å². The highest BCUT2D eigenvalue weighted by atomic mass is 19.1. The van der Waals surface area contributed by atoms with Gasteiger partial charge in [0, 0.05) is 17.0 Å². The first-order valence-corrected chi connectivity index (χ1v) is 6.28. The van der Waals surface area contributed by atoms with Crippen molar-refractivity contribution in [2.45, 2.75) is 38.9 Å². The summed E-state index contributed by atoms with van der Waals surface area (Å²) in [5.74, 6) is -0.372. The molecule has 3 heterocycles. The normalized spacial score (nSPS) is 21.2. The van der Waals surface area contributed by atoms with Crippen LogP contribution >= 0.6 is 0 Å². The Morgan fingerprint density at radius 1 is 1.16 bits per heavy atom. The van der Waals surface area contributed by atoms with E-state index in [1.807, 2.05) is 27.7 Å². The summed E-state index contributed by atoms with van der Waals surface area (Å²) in [5.41, 5.74) is 0.438. The molecule has 4 nitrogen and oxygen atoms in total. The van der Waals surface area contributed by atoms with Crippen molar-refractivity contribution in [1.82, 2.24) is 9.97 Å². The number of fused-ring (bicyclic) bond motifs is 1. The molecule has 0 aliphatic carbocycles. The van der Waals surface area contributed by atoms with E-state index in [1.165, 1.54) is 6.20 Å². The zero-order valence-electron chi connectivity index (χ0n) is 11.5. The van der Waals surface area contributed by atoms with Gasteiger partial charge in [-0.2, -0.15) is 0 Å². The second kappa shape index (κ2) is 3.80. The Hall–Kier alpha value is -1.40. The van der Waals surface area contributed by atoms with E-state index in [1.54, 1.807) is 12.4 Å². The lowest BCUT2D eigenvalue weighted by Crippen LogP contribution is -2.41. The topological polar surface area (TPSA) is 47.1 Å². The molecule has 0 radical (unpaired) electrons. The number of hydrogen-bond acceptors (Lipinski definition) is 3. The van der Waals surface area contributed by atoms with Crippen LogP contribution in [-0.2, 0) is 9.31 Å². The number of H-pyrrole nitrogens is 1. The summed E-state index contributed by atoms with van der Waals surface area (Å²) in [6, 6.07) is 0. The van der Waals surface area contributed by atoms with E-state index in [2.05, 4.69) is 9.97 Å². The van der Waals surface area contributed by atoms with Crippen molar-refractivity contribution < 1.29 is 13.7 Å². The molecule has 6 heteroatoms. The SMILES string of the molecule is CC1(C)OB(c2c[nH]c3cncc(F)c23)OC1(C)C. The molecule has 0 saturated carbocycles. The maximum Gasteiger partial charge on any atom is 0.497 e. The molecule has 0 unspecified atom stereocenters. The van der Waals surface area contributed by atoms with E-state index in [9.17, 15) is 4.39 Å². The van der Waals surface area contributed by atoms with E-state index in [-0.39, 0.29) is 5.82 Å². The molecule has 19 heavy (non-hydrogen) atoms. The quantitative estimate of drug-likeness (QED) is 0.799. The average Bonchev–Trinajstić information content (AvgIpc) is 2.80. The minimum Gasteiger partial charge on any atom is -0.399 e. The van der Waals surface area contributed by atoms with Crippen LogP contribution in [0.5, 0.6) is 0 Å². The van der Waals surface area contributed by atoms with Gasteiger partial charge in [0.05, 0.1) is 29.1 Å². The standard InChI is InChI=1S/C13H16BFN2O2/c1-12(2)13(3,4)19-14(18-12)8-5-17-10-7-16-6-9(15)11(8)10/h5-7,17H,1-4H3. The van der Waals surface area contributed by atoms with Gasteiger partial charge in [-0.25, -0.2) is 4.39 Å².